The Hall–Kier alpha value is -2.49. The van der Waals surface area contributed by atoms with E-state index in [0.29, 0.717) is 6.42 Å². The molecular weight excluding hydrogens is 418 g/mol. The molecule has 10 heteroatoms. The number of carbonyl (C=O) groups is 1. The van der Waals surface area contributed by atoms with Gasteiger partial charge in [-0.05, 0) is 32.3 Å². The van der Waals surface area contributed by atoms with E-state index in [1.807, 2.05) is 0 Å². The van der Waals surface area contributed by atoms with Gasteiger partial charge in [0, 0.05) is 24.8 Å². The van der Waals surface area contributed by atoms with Crippen LogP contribution in [0.1, 0.15) is 42.6 Å². The van der Waals surface area contributed by atoms with Crippen LogP contribution >= 0.6 is 0 Å². The molecule has 4 rings (SSSR count). The molecular formula is C20H22F2N2O5S. The molecule has 1 aliphatic carbocycles. The summed E-state index contributed by atoms with van der Waals surface area (Å²) < 4.78 is 58.8. The quantitative estimate of drug-likeness (QED) is 0.712. The summed E-state index contributed by atoms with van der Waals surface area (Å²) >= 11 is 0. The van der Waals surface area contributed by atoms with Gasteiger partial charge in [-0.1, -0.05) is 0 Å². The first-order chi connectivity index (χ1) is 14.2. The summed E-state index contributed by atoms with van der Waals surface area (Å²) in [6.45, 7) is 1.93. The predicted molar refractivity (Wildman–Crippen MR) is 107 cm³/mol. The first-order valence-electron chi connectivity index (χ1n) is 9.80. The number of ether oxygens (including phenoxy) is 1. The van der Waals surface area contributed by atoms with E-state index in [9.17, 15) is 26.8 Å². The van der Waals surface area contributed by atoms with Gasteiger partial charge in [0.05, 0.1) is 29.5 Å². The lowest BCUT2D eigenvalue weighted by molar-refractivity contribution is 0.0706. The highest BCUT2D eigenvalue weighted by Crippen LogP contribution is 2.40. The van der Waals surface area contributed by atoms with Gasteiger partial charge in [0.15, 0.2) is 21.4 Å². The molecule has 1 aliphatic heterocycles. The zero-order chi connectivity index (χ0) is 21.8. The van der Waals surface area contributed by atoms with E-state index in [1.165, 1.54) is 18.2 Å². The number of benzene rings is 1. The number of fused-ring (bicyclic) bond motifs is 1. The van der Waals surface area contributed by atoms with Crippen LogP contribution in [0, 0.1) is 11.6 Å². The Morgan fingerprint density at radius 2 is 2.00 bits per heavy atom. The van der Waals surface area contributed by atoms with Crippen molar-refractivity contribution in [2.24, 2.45) is 0 Å². The Kier molecular flexibility index (Phi) is 5.08. The third-order valence-corrected chi connectivity index (χ3v) is 7.54. The average molecular weight is 440 g/mol. The van der Waals surface area contributed by atoms with E-state index in [4.69, 9.17) is 4.74 Å². The van der Waals surface area contributed by atoms with Gasteiger partial charge in [-0.3, -0.25) is 9.59 Å². The second kappa shape index (κ2) is 7.33. The normalized spacial score (nSPS) is 20.5. The molecule has 1 aromatic carbocycles. The second-order valence-electron chi connectivity index (χ2n) is 7.76. The van der Waals surface area contributed by atoms with Gasteiger partial charge < -0.3 is 14.2 Å². The number of methoxy groups -OCH3 is 1. The third kappa shape index (κ3) is 3.36. The Labute approximate surface area is 172 Å². The molecule has 1 saturated heterocycles. The number of aromatic nitrogens is 1. The average Bonchev–Trinajstić information content (AvgIpc) is 3.47. The molecule has 1 unspecified atom stereocenters. The molecule has 1 atom stereocenters. The number of halogens is 2. The van der Waals surface area contributed by atoms with E-state index >= 15 is 0 Å². The Morgan fingerprint density at radius 1 is 1.30 bits per heavy atom. The molecule has 1 aromatic heterocycles. The number of hydrogen-bond acceptors (Lipinski definition) is 5. The minimum atomic E-state index is -3.23. The summed E-state index contributed by atoms with van der Waals surface area (Å²) in [7, 11) is -2.04. The van der Waals surface area contributed by atoms with Crippen LogP contribution in [0.2, 0.25) is 0 Å². The molecule has 0 spiro atoms. The van der Waals surface area contributed by atoms with E-state index in [2.05, 4.69) is 0 Å². The molecule has 30 heavy (non-hydrogen) atoms. The lowest BCUT2D eigenvalue weighted by Crippen LogP contribution is -2.43. The highest BCUT2D eigenvalue weighted by Gasteiger charge is 2.36. The predicted octanol–water partition coefficient (Wildman–Crippen LogP) is 2.27. The maximum Gasteiger partial charge on any atom is 0.259 e. The number of amides is 1. The van der Waals surface area contributed by atoms with Gasteiger partial charge in [-0.2, -0.15) is 4.39 Å². The van der Waals surface area contributed by atoms with Crippen LogP contribution in [0.15, 0.2) is 17.1 Å². The van der Waals surface area contributed by atoms with Gasteiger partial charge >= 0.3 is 0 Å². The molecule has 2 aliphatic rings. The zero-order valence-corrected chi connectivity index (χ0v) is 17.5. The number of sulfone groups is 1. The van der Waals surface area contributed by atoms with Gasteiger partial charge in [0.25, 0.3) is 5.91 Å². The monoisotopic (exact) mass is 440 g/mol. The molecule has 0 bridgehead atoms. The fourth-order valence-electron chi connectivity index (χ4n) is 4.15. The summed E-state index contributed by atoms with van der Waals surface area (Å²) in [6.07, 6.45) is 3.22. The van der Waals surface area contributed by atoms with E-state index in [-0.39, 0.29) is 46.3 Å². The van der Waals surface area contributed by atoms with Crippen molar-refractivity contribution in [2.75, 3.05) is 25.2 Å². The summed E-state index contributed by atoms with van der Waals surface area (Å²) in [5, 5.41) is -0.140. The summed E-state index contributed by atoms with van der Waals surface area (Å²) in [4.78, 5) is 27.8. The SMILES string of the molecule is CCN(C(=O)c1cn(C2CC2)c2c(OC)c(F)c(F)cc2c1=O)C1CCS(=O)(=O)C1. The molecule has 2 fully saturated rings. The number of rotatable bonds is 5. The Bertz CT molecular complexity index is 1200. The van der Waals surface area contributed by atoms with Crippen LogP contribution in [0.25, 0.3) is 10.9 Å². The lowest BCUT2D eigenvalue weighted by Gasteiger charge is -2.27. The largest absolute Gasteiger partial charge is 0.491 e. The lowest BCUT2D eigenvalue weighted by atomic mass is 10.1. The highest BCUT2D eigenvalue weighted by atomic mass is 32.2. The molecule has 1 amide bonds. The minimum absolute atomic E-state index is 0.00679. The molecule has 2 heterocycles. The molecule has 1 saturated carbocycles. The molecule has 0 radical (unpaired) electrons. The smallest absolute Gasteiger partial charge is 0.259 e. The van der Waals surface area contributed by atoms with Gasteiger partial charge in [0.1, 0.15) is 5.56 Å². The van der Waals surface area contributed by atoms with Crippen LogP contribution in [0.5, 0.6) is 5.75 Å². The van der Waals surface area contributed by atoms with E-state index < -0.39 is 38.8 Å². The standard InChI is InChI=1S/C20H22F2N2O5S/c1-3-23(12-6-7-30(27,28)10-12)20(26)14-9-24(11-4-5-11)17-13(18(14)25)8-15(21)16(22)19(17)29-2/h8-9,11-12H,3-7,10H2,1-2H3. The van der Waals surface area contributed by atoms with Crippen LogP contribution in [-0.4, -0.2) is 55.0 Å². The number of pyridine rings is 1. The highest BCUT2D eigenvalue weighted by molar-refractivity contribution is 7.91. The van der Waals surface area contributed by atoms with Crippen molar-refractivity contribution >= 4 is 26.6 Å². The number of carbonyl (C=O) groups excluding carboxylic acids is 1. The fraction of sp³-hybridized carbons (Fsp3) is 0.500. The summed E-state index contributed by atoms with van der Waals surface area (Å²) in [5.74, 6) is -3.56. The van der Waals surface area contributed by atoms with Crippen molar-refractivity contribution in [3.63, 3.8) is 0 Å². The minimum Gasteiger partial charge on any atom is -0.491 e. The van der Waals surface area contributed by atoms with Crippen molar-refractivity contribution in [1.29, 1.82) is 0 Å². The van der Waals surface area contributed by atoms with E-state index in [1.54, 1.807) is 11.5 Å². The van der Waals surface area contributed by atoms with Crippen LogP contribution in [0.3, 0.4) is 0 Å². The molecule has 7 nitrogen and oxygen atoms in total. The number of hydrogen-bond donors (Lipinski definition) is 0. The maximum absolute atomic E-state index is 14.3. The summed E-state index contributed by atoms with van der Waals surface area (Å²) in [6, 6.07) is 0.221. The van der Waals surface area contributed by atoms with Gasteiger partial charge in [0.2, 0.25) is 11.2 Å². The van der Waals surface area contributed by atoms with Crippen molar-refractivity contribution in [3.05, 3.63) is 39.7 Å². The first kappa shape index (κ1) is 20.8. The van der Waals surface area contributed by atoms with Crippen LogP contribution in [0.4, 0.5) is 8.78 Å². The number of nitrogens with zero attached hydrogens (tertiary/aromatic N) is 2. The maximum atomic E-state index is 14.3. The second-order valence-corrected chi connectivity index (χ2v) is 9.99. The first-order valence-corrected chi connectivity index (χ1v) is 11.6. The Balaban J connectivity index is 1.89. The third-order valence-electron chi connectivity index (χ3n) is 5.79. The zero-order valence-electron chi connectivity index (χ0n) is 16.7. The van der Waals surface area contributed by atoms with Crippen molar-refractivity contribution in [3.8, 4) is 5.75 Å². The fourth-order valence-corrected chi connectivity index (χ4v) is 5.88. The van der Waals surface area contributed by atoms with Crippen LogP contribution in [-0.2, 0) is 9.84 Å². The van der Waals surface area contributed by atoms with E-state index in [0.717, 1.165) is 18.9 Å². The van der Waals surface area contributed by atoms with Crippen molar-refractivity contribution < 1.29 is 26.7 Å². The topological polar surface area (TPSA) is 85.7 Å². The van der Waals surface area contributed by atoms with Crippen molar-refractivity contribution in [2.45, 2.75) is 38.3 Å². The Morgan fingerprint density at radius 3 is 2.53 bits per heavy atom. The van der Waals surface area contributed by atoms with Gasteiger partial charge in [-0.15, -0.1) is 0 Å². The van der Waals surface area contributed by atoms with Crippen molar-refractivity contribution in [1.82, 2.24) is 9.47 Å². The summed E-state index contributed by atoms with van der Waals surface area (Å²) in [5.41, 5.74) is -0.802. The van der Waals surface area contributed by atoms with Crippen LogP contribution < -0.4 is 10.2 Å². The molecule has 162 valence electrons. The van der Waals surface area contributed by atoms with Gasteiger partial charge in [-0.25, -0.2) is 12.8 Å². The molecule has 0 N–H and O–H groups in total. The molecule has 2 aromatic rings.